The van der Waals surface area contributed by atoms with Gasteiger partial charge in [0, 0.05) is 43.6 Å². The van der Waals surface area contributed by atoms with Crippen molar-refractivity contribution in [1.29, 1.82) is 0 Å². The number of rotatable bonds is 1. The van der Waals surface area contributed by atoms with Crippen molar-refractivity contribution in [2.45, 2.75) is 19.3 Å². The topological polar surface area (TPSA) is 29.0 Å². The van der Waals surface area contributed by atoms with Crippen LogP contribution in [0.15, 0.2) is 55.1 Å². The lowest BCUT2D eigenvalue weighted by Crippen LogP contribution is -2.29. The van der Waals surface area contributed by atoms with E-state index in [-0.39, 0.29) is 0 Å². The molecule has 0 aliphatic carbocycles. The molecule has 0 spiro atoms. The van der Waals surface area contributed by atoms with E-state index in [1.165, 1.54) is 38.0 Å². The van der Waals surface area contributed by atoms with Crippen LogP contribution in [0, 0.1) is 0 Å². The smallest absolute Gasteiger partial charge is 0.0397 e. The number of hydrogen-bond donors (Lipinski definition) is 0. The number of piperidine rings is 1. The van der Waals surface area contributed by atoms with Crippen LogP contribution in [0.5, 0.6) is 0 Å². The second kappa shape index (κ2) is 7.43. The fourth-order valence-electron chi connectivity index (χ4n) is 2.02. The first-order chi connectivity index (χ1) is 8.97. The van der Waals surface area contributed by atoms with Crippen LogP contribution in [-0.4, -0.2) is 23.1 Å². The molecule has 1 aliphatic rings. The Balaban J connectivity index is 0.000000169. The summed E-state index contributed by atoms with van der Waals surface area (Å²) < 4.78 is 0. The lowest BCUT2D eigenvalue weighted by molar-refractivity contribution is 0.577. The van der Waals surface area contributed by atoms with Crippen molar-refractivity contribution in [1.82, 2.24) is 9.97 Å². The summed E-state index contributed by atoms with van der Waals surface area (Å²) >= 11 is 0. The fourth-order valence-corrected chi connectivity index (χ4v) is 2.02. The van der Waals surface area contributed by atoms with E-state index in [9.17, 15) is 0 Å². The summed E-state index contributed by atoms with van der Waals surface area (Å²) in [5, 5.41) is 0. The maximum atomic E-state index is 4.01. The molecule has 2 aromatic heterocycles. The molecular weight excluding hydrogens is 222 g/mol. The van der Waals surface area contributed by atoms with Gasteiger partial charge in [0.05, 0.1) is 0 Å². The van der Waals surface area contributed by atoms with Gasteiger partial charge in [0.2, 0.25) is 0 Å². The molecule has 3 rings (SSSR count). The number of nitrogens with zero attached hydrogens (tertiary/aromatic N) is 3. The Morgan fingerprint density at radius 2 is 1.33 bits per heavy atom. The molecule has 94 valence electrons. The second-order valence-electron chi connectivity index (χ2n) is 4.28. The first-order valence-electron chi connectivity index (χ1n) is 6.47. The first kappa shape index (κ1) is 12.6. The molecule has 1 saturated heterocycles. The third kappa shape index (κ3) is 4.17. The standard InChI is InChI=1S/C10H14N2.C5H5N/c1-2-8-12(9-3-1)10-4-6-11-7-5-10;1-2-4-6-5-3-1/h4-7H,1-3,8-9H2;1-5H. The molecule has 18 heavy (non-hydrogen) atoms. The van der Waals surface area contributed by atoms with Crippen molar-refractivity contribution in [3.63, 3.8) is 0 Å². The van der Waals surface area contributed by atoms with Crippen molar-refractivity contribution in [2.75, 3.05) is 18.0 Å². The molecule has 0 atom stereocenters. The van der Waals surface area contributed by atoms with E-state index in [1.54, 1.807) is 12.4 Å². The molecule has 0 amide bonds. The third-order valence-electron chi connectivity index (χ3n) is 2.95. The van der Waals surface area contributed by atoms with Gasteiger partial charge in [-0.3, -0.25) is 9.97 Å². The Morgan fingerprint density at radius 1 is 0.722 bits per heavy atom. The van der Waals surface area contributed by atoms with Crippen LogP contribution < -0.4 is 4.90 Å². The van der Waals surface area contributed by atoms with Gasteiger partial charge in [-0.05, 0) is 43.5 Å². The van der Waals surface area contributed by atoms with Crippen molar-refractivity contribution >= 4 is 5.69 Å². The average Bonchev–Trinajstić information content (AvgIpc) is 2.51. The van der Waals surface area contributed by atoms with Crippen LogP contribution in [-0.2, 0) is 0 Å². The molecule has 3 heteroatoms. The highest BCUT2D eigenvalue weighted by Crippen LogP contribution is 2.17. The van der Waals surface area contributed by atoms with Crippen LogP contribution in [0.25, 0.3) is 0 Å². The summed E-state index contributed by atoms with van der Waals surface area (Å²) in [5.74, 6) is 0. The van der Waals surface area contributed by atoms with Gasteiger partial charge >= 0.3 is 0 Å². The maximum absolute atomic E-state index is 4.01. The van der Waals surface area contributed by atoms with Gasteiger partial charge in [0.15, 0.2) is 0 Å². The van der Waals surface area contributed by atoms with E-state index >= 15 is 0 Å². The van der Waals surface area contributed by atoms with Gasteiger partial charge in [-0.1, -0.05) is 6.07 Å². The van der Waals surface area contributed by atoms with Crippen LogP contribution in [0.3, 0.4) is 0 Å². The van der Waals surface area contributed by atoms with Gasteiger partial charge in [-0.15, -0.1) is 0 Å². The summed E-state index contributed by atoms with van der Waals surface area (Å²) in [6, 6.07) is 9.89. The van der Waals surface area contributed by atoms with E-state index in [4.69, 9.17) is 0 Å². The predicted molar refractivity (Wildman–Crippen MR) is 74.5 cm³/mol. The van der Waals surface area contributed by atoms with Crippen molar-refractivity contribution in [2.24, 2.45) is 0 Å². The van der Waals surface area contributed by atoms with Gasteiger partial charge in [-0.25, -0.2) is 0 Å². The lowest BCUT2D eigenvalue weighted by Gasteiger charge is -2.28. The van der Waals surface area contributed by atoms with Gasteiger partial charge < -0.3 is 4.90 Å². The molecular formula is C15H19N3. The normalized spacial score (nSPS) is 14.6. The average molecular weight is 241 g/mol. The van der Waals surface area contributed by atoms with Crippen molar-refractivity contribution < 1.29 is 0 Å². The highest BCUT2D eigenvalue weighted by molar-refractivity contribution is 5.44. The lowest BCUT2D eigenvalue weighted by atomic mass is 10.1. The van der Waals surface area contributed by atoms with Crippen LogP contribution in [0.4, 0.5) is 5.69 Å². The number of aromatic nitrogens is 2. The van der Waals surface area contributed by atoms with Crippen LogP contribution >= 0.6 is 0 Å². The molecule has 1 fully saturated rings. The zero-order valence-corrected chi connectivity index (χ0v) is 10.6. The Bertz CT molecular complexity index is 384. The summed E-state index contributed by atoms with van der Waals surface area (Å²) in [7, 11) is 0. The highest BCUT2D eigenvalue weighted by atomic mass is 15.1. The Hall–Kier alpha value is -1.90. The zero-order chi connectivity index (χ0) is 12.5. The molecule has 3 heterocycles. The second-order valence-corrected chi connectivity index (χ2v) is 4.28. The Labute approximate surface area is 109 Å². The molecule has 3 nitrogen and oxygen atoms in total. The molecule has 0 bridgehead atoms. The number of anilines is 1. The van der Waals surface area contributed by atoms with Crippen LogP contribution in [0.1, 0.15) is 19.3 Å². The van der Waals surface area contributed by atoms with Crippen molar-refractivity contribution in [3.8, 4) is 0 Å². The fraction of sp³-hybridized carbons (Fsp3) is 0.333. The van der Waals surface area contributed by atoms with E-state index in [0.717, 1.165) is 0 Å². The molecule has 0 unspecified atom stereocenters. The monoisotopic (exact) mass is 241 g/mol. The summed E-state index contributed by atoms with van der Waals surface area (Å²) in [5.41, 5.74) is 1.32. The molecule has 0 radical (unpaired) electrons. The SMILES string of the molecule is c1cc(N2CCCCC2)ccn1.c1ccncc1. The number of pyridine rings is 2. The van der Waals surface area contributed by atoms with Gasteiger partial charge in [0.25, 0.3) is 0 Å². The zero-order valence-electron chi connectivity index (χ0n) is 10.6. The quantitative estimate of drug-likeness (QED) is 0.768. The van der Waals surface area contributed by atoms with E-state index in [2.05, 4.69) is 27.0 Å². The Kier molecular flexibility index (Phi) is 5.18. The summed E-state index contributed by atoms with van der Waals surface area (Å²) in [6.45, 7) is 2.42. The maximum Gasteiger partial charge on any atom is 0.0397 e. The van der Waals surface area contributed by atoms with Crippen LogP contribution in [0.2, 0.25) is 0 Å². The number of hydrogen-bond acceptors (Lipinski definition) is 3. The minimum Gasteiger partial charge on any atom is -0.371 e. The van der Waals surface area contributed by atoms with Gasteiger partial charge in [-0.2, -0.15) is 0 Å². The summed E-state index contributed by atoms with van der Waals surface area (Å²) in [6.07, 6.45) is 11.3. The predicted octanol–water partition coefficient (Wildman–Crippen LogP) is 3.15. The summed E-state index contributed by atoms with van der Waals surface area (Å²) in [4.78, 5) is 10.2. The molecule has 0 aromatic carbocycles. The van der Waals surface area contributed by atoms with Crippen molar-refractivity contribution in [3.05, 3.63) is 55.1 Å². The minimum absolute atomic E-state index is 1.21. The molecule has 1 aliphatic heterocycles. The third-order valence-corrected chi connectivity index (χ3v) is 2.95. The van der Waals surface area contributed by atoms with Gasteiger partial charge in [0.1, 0.15) is 0 Å². The first-order valence-corrected chi connectivity index (χ1v) is 6.47. The largest absolute Gasteiger partial charge is 0.371 e. The molecule has 0 N–H and O–H groups in total. The van der Waals surface area contributed by atoms with E-state index < -0.39 is 0 Å². The minimum atomic E-state index is 1.21. The van der Waals surface area contributed by atoms with E-state index in [1.807, 2.05) is 30.6 Å². The molecule has 2 aromatic rings. The highest BCUT2D eigenvalue weighted by Gasteiger charge is 2.09. The Morgan fingerprint density at radius 3 is 1.83 bits per heavy atom. The van der Waals surface area contributed by atoms with E-state index in [0.29, 0.717) is 0 Å². The molecule has 0 saturated carbocycles.